The molecule has 46 heavy (non-hydrogen) atoms. The van der Waals surface area contributed by atoms with E-state index in [4.69, 9.17) is 17.3 Å². The van der Waals surface area contributed by atoms with Gasteiger partial charge in [0.1, 0.15) is 6.04 Å². The highest BCUT2D eigenvalue weighted by molar-refractivity contribution is 6.30. The van der Waals surface area contributed by atoms with Crippen molar-refractivity contribution in [3.8, 4) is 0 Å². The Morgan fingerprint density at radius 3 is 1.98 bits per heavy atom. The van der Waals surface area contributed by atoms with Crippen LogP contribution in [0.25, 0.3) is 0 Å². The number of piperazine rings is 1. The summed E-state index contributed by atoms with van der Waals surface area (Å²) in [6, 6.07) is 25.3. The first-order valence-electron chi connectivity index (χ1n) is 16.5. The third-order valence-corrected chi connectivity index (χ3v) is 9.72. The first-order chi connectivity index (χ1) is 22.3. The molecule has 2 atom stereocenters. The molecule has 2 fully saturated rings. The number of benzene rings is 3. The van der Waals surface area contributed by atoms with E-state index in [1.165, 1.54) is 6.42 Å². The van der Waals surface area contributed by atoms with E-state index in [0.29, 0.717) is 43.9 Å². The van der Waals surface area contributed by atoms with E-state index >= 15 is 0 Å². The standard InChI is InChI=1S/C37H46ClN5O3/c38-31-16-14-30(15-17-31)25-33(41-35(45)32(39)24-28-10-4-1-5-11-28)36(46)42-20-22-43(23-21-42)37(18-8-3-9-19-37)27-40-34(44)26-29-12-6-2-7-13-29/h1-2,4-7,10-17,32-33H,3,8-9,18-27,39H2,(H,40,44)(H,41,45)/t32?,33-/m1/s1. The maximum atomic E-state index is 14.0. The topological polar surface area (TPSA) is 108 Å². The van der Waals surface area contributed by atoms with Crippen molar-refractivity contribution in [3.63, 3.8) is 0 Å². The summed E-state index contributed by atoms with van der Waals surface area (Å²) in [5.74, 6) is -0.415. The molecule has 0 radical (unpaired) electrons. The molecular formula is C37H46ClN5O3. The van der Waals surface area contributed by atoms with E-state index in [0.717, 1.165) is 55.5 Å². The van der Waals surface area contributed by atoms with Gasteiger partial charge in [0, 0.05) is 49.7 Å². The Kier molecular flexibility index (Phi) is 11.9. The summed E-state index contributed by atoms with van der Waals surface area (Å²) in [6.07, 6.45) is 6.63. The predicted octanol–water partition coefficient (Wildman–Crippen LogP) is 4.14. The maximum absolute atomic E-state index is 14.0. The van der Waals surface area contributed by atoms with Gasteiger partial charge in [-0.15, -0.1) is 0 Å². The summed E-state index contributed by atoms with van der Waals surface area (Å²) in [4.78, 5) is 44.5. The van der Waals surface area contributed by atoms with Crippen LogP contribution in [0.15, 0.2) is 84.9 Å². The van der Waals surface area contributed by atoms with Gasteiger partial charge in [-0.25, -0.2) is 0 Å². The molecule has 1 aliphatic heterocycles. The van der Waals surface area contributed by atoms with Crippen LogP contribution in [-0.4, -0.2) is 77.9 Å². The Balaban J connectivity index is 1.22. The van der Waals surface area contributed by atoms with Crippen molar-refractivity contribution >= 4 is 29.3 Å². The highest BCUT2D eigenvalue weighted by Gasteiger charge is 2.41. The van der Waals surface area contributed by atoms with Crippen LogP contribution in [0, 0.1) is 0 Å². The number of carbonyl (C=O) groups excluding carboxylic acids is 3. The van der Waals surface area contributed by atoms with Crippen molar-refractivity contribution in [1.29, 1.82) is 0 Å². The molecule has 0 spiro atoms. The zero-order valence-corrected chi connectivity index (χ0v) is 27.3. The summed E-state index contributed by atoms with van der Waals surface area (Å²) in [5.41, 5.74) is 9.08. The van der Waals surface area contributed by atoms with Crippen LogP contribution in [0.5, 0.6) is 0 Å². The van der Waals surface area contributed by atoms with Crippen LogP contribution in [0.2, 0.25) is 5.02 Å². The zero-order valence-electron chi connectivity index (χ0n) is 26.5. The average molecular weight is 644 g/mol. The summed E-state index contributed by atoms with van der Waals surface area (Å²) >= 11 is 6.11. The zero-order chi connectivity index (χ0) is 32.4. The molecule has 1 unspecified atom stereocenters. The number of nitrogens with one attached hydrogen (secondary N) is 2. The minimum Gasteiger partial charge on any atom is -0.354 e. The van der Waals surface area contributed by atoms with Gasteiger partial charge in [-0.3, -0.25) is 19.3 Å². The lowest BCUT2D eigenvalue weighted by molar-refractivity contribution is -0.139. The minimum absolute atomic E-state index is 0.0382. The second-order valence-corrected chi connectivity index (χ2v) is 13.2. The molecule has 9 heteroatoms. The van der Waals surface area contributed by atoms with E-state index < -0.39 is 12.1 Å². The van der Waals surface area contributed by atoms with E-state index in [1.807, 2.05) is 77.7 Å². The van der Waals surface area contributed by atoms with Gasteiger partial charge >= 0.3 is 0 Å². The monoisotopic (exact) mass is 643 g/mol. The first kappa shape index (κ1) is 33.6. The molecule has 0 bridgehead atoms. The largest absolute Gasteiger partial charge is 0.354 e. The first-order valence-corrected chi connectivity index (χ1v) is 16.9. The summed E-state index contributed by atoms with van der Waals surface area (Å²) in [6.45, 7) is 3.16. The third-order valence-electron chi connectivity index (χ3n) is 9.47. The summed E-state index contributed by atoms with van der Waals surface area (Å²) in [5, 5.41) is 6.84. The molecule has 244 valence electrons. The summed E-state index contributed by atoms with van der Waals surface area (Å²) < 4.78 is 0. The van der Waals surface area contributed by atoms with Crippen molar-refractivity contribution < 1.29 is 14.4 Å². The molecule has 3 amide bonds. The SMILES string of the molecule is NC(Cc1ccccc1)C(=O)N[C@H](Cc1ccc(Cl)cc1)C(=O)N1CCN(C2(CNC(=O)Cc3ccccc3)CCCCC2)CC1. The van der Waals surface area contributed by atoms with Crippen molar-refractivity contribution in [2.75, 3.05) is 32.7 Å². The Morgan fingerprint density at radius 1 is 0.761 bits per heavy atom. The molecule has 1 saturated heterocycles. The van der Waals surface area contributed by atoms with Gasteiger partial charge in [0.05, 0.1) is 12.5 Å². The molecule has 3 aromatic rings. The van der Waals surface area contributed by atoms with Crippen molar-refractivity contribution in [3.05, 3.63) is 107 Å². The van der Waals surface area contributed by atoms with Crippen molar-refractivity contribution in [2.24, 2.45) is 5.73 Å². The molecule has 8 nitrogen and oxygen atoms in total. The number of rotatable bonds is 12. The number of halogens is 1. The number of amides is 3. The smallest absolute Gasteiger partial charge is 0.245 e. The molecule has 0 aromatic heterocycles. The van der Waals surface area contributed by atoms with Gasteiger partial charge < -0.3 is 21.3 Å². The van der Waals surface area contributed by atoms with E-state index in [2.05, 4.69) is 15.5 Å². The molecule has 4 N–H and O–H groups in total. The average Bonchev–Trinajstić information content (AvgIpc) is 3.09. The Labute approximate surface area is 277 Å². The van der Waals surface area contributed by atoms with E-state index in [9.17, 15) is 14.4 Å². The van der Waals surface area contributed by atoms with Crippen molar-refractivity contribution in [2.45, 2.75) is 69.0 Å². The quantitative estimate of drug-likeness (QED) is 0.275. The van der Waals surface area contributed by atoms with Crippen LogP contribution in [-0.2, 0) is 33.6 Å². The third kappa shape index (κ3) is 9.18. The number of carbonyl (C=O) groups is 3. The molecular weight excluding hydrogens is 598 g/mol. The Hall–Kier alpha value is -3.72. The highest BCUT2D eigenvalue weighted by Crippen LogP contribution is 2.34. The van der Waals surface area contributed by atoms with Gasteiger partial charge in [-0.05, 0) is 48.1 Å². The second kappa shape index (κ2) is 16.2. The lowest BCUT2D eigenvalue weighted by Crippen LogP contribution is -2.64. The normalized spacial score (nSPS) is 17.9. The van der Waals surface area contributed by atoms with Gasteiger partial charge in [-0.2, -0.15) is 0 Å². The lowest BCUT2D eigenvalue weighted by Gasteiger charge is -2.50. The molecule has 1 aliphatic carbocycles. The highest BCUT2D eigenvalue weighted by atomic mass is 35.5. The van der Waals surface area contributed by atoms with Crippen LogP contribution < -0.4 is 16.4 Å². The fraction of sp³-hybridized carbons (Fsp3) is 0.432. The number of hydrogen-bond donors (Lipinski definition) is 3. The van der Waals surface area contributed by atoms with Crippen LogP contribution in [0.4, 0.5) is 0 Å². The van der Waals surface area contributed by atoms with E-state index in [-0.39, 0.29) is 23.3 Å². The van der Waals surface area contributed by atoms with Crippen LogP contribution in [0.1, 0.15) is 48.8 Å². The minimum atomic E-state index is -0.775. The number of nitrogens with two attached hydrogens (primary N) is 1. The van der Waals surface area contributed by atoms with Gasteiger partial charge in [0.2, 0.25) is 17.7 Å². The van der Waals surface area contributed by atoms with Crippen LogP contribution >= 0.6 is 11.6 Å². The van der Waals surface area contributed by atoms with Gasteiger partial charge in [-0.1, -0.05) is 104 Å². The summed E-state index contributed by atoms with van der Waals surface area (Å²) in [7, 11) is 0. The van der Waals surface area contributed by atoms with Crippen LogP contribution in [0.3, 0.4) is 0 Å². The molecule has 1 heterocycles. The lowest BCUT2D eigenvalue weighted by atomic mass is 9.79. The molecule has 2 aliphatic rings. The Bertz CT molecular complexity index is 1420. The van der Waals surface area contributed by atoms with Crippen molar-refractivity contribution in [1.82, 2.24) is 20.4 Å². The number of nitrogens with zero attached hydrogens (tertiary/aromatic N) is 2. The van der Waals surface area contributed by atoms with Gasteiger partial charge in [0.15, 0.2) is 0 Å². The predicted molar refractivity (Wildman–Crippen MR) is 182 cm³/mol. The maximum Gasteiger partial charge on any atom is 0.245 e. The number of hydrogen-bond acceptors (Lipinski definition) is 5. The molecule has 1 saturated carbocycles. The second-order valence-electron chi connectivity index (χ2n) is 12.7. The fourth-order valence-corrected chi connectivity index (χ4v) is 6.96. The molecule has 5 rings (SSSR count). The fourth-order valence-electron chi connectivity index (χ4n) is 6.84. The van der Waals surface area contributed by atoms with E-state index in [1.54, 1.807) is 12.1 Å². The Morgan fingerprint density at radius 2 is 1.35 bits per heavy atom. The molecule has 3 aromatic carbocycles. The van der Waals surface area contributed by atoms with Gasteiger partial charge in [0.25, 0.3) is 0 Å².